The maximum atomic E-state index is 10.3. The molecule has 5 nitrogen and oxygen atoms in total. The lowest BCUT2D eigenvalue weighted by Gasteiger charge is -2.22. The third-order valence-electron chi connectivity index (χ3n) is 4.60. The molecule has 5 heteroatoms. The van der Waals surface area contributed by atoms with Crippen LogP contribution >= 0.6 is 0 Å². The predicted molar refractivity (Wildman–Crippen MR) is 104 cm³/mol. The highest BCUT2D eigenvalue weighted by Gasteiger charge is 2.17. The molecule has 0 saturated heterocycles. The van der Waals surface area contributed by atoms with Gasteiger partial charge in [-0.3, -0.25) is 4.90 Å². The second-order valence-electron chi connectivity index (χ2n) is 8.19. The molecule has 0 aliphatic heterocycles. The van der Waals surface area contributed by atoms with Gasteiger partial charge >= 0.3 is 0 Å². The number of rotatable bonds is 7. The number of likely N-dealkylation sites (N-methyl/N-ethyl adjacent to an activating group) is 1. The van der Waals surface area contributed by atoms with E-state index in [9.17, 15) is 5.11 Å². The molecule has 0 amide bonds. The van der Waals surface area contributed by atoms with Crippen LogP contribution < -0.4 is 4.74 Å². The fourth-order valence-electron chi connectivity index (χ4n) is 2.94. The smallest absolute Gasteiger partial charge is 0.138 e. The van der Waals surface area contributed by atoms with E-state index in [0.29, 0.717) is 13.1 Å². The van der Waals surface area contributed by atoms with E-state index in [1.165, 1.54) is 5.56 Å². The van der Waals surface area contributed by atoms with Gasteiger partial charge in [0.2, 0.25) is 0 Å². The molecule has 2 rings (SSSR count). The Balaban J connectivity index is 1.87. The summed E-state index contributed by atoms with van der Waals surface area (Å²) in [6.07, 6.45) is -0.567. The van der Waals surface area contributed by atoms with Crippen molar-refractivity contribution in [3.8, 4) is 5.75 Å². The van der Waals surface area contributed by atoms with Crippen molar-refractivity contribution in [2.24, 2.45) is 0 Å². The molecule has 26 heavy (non-hydrogen) atoms. The van der Waals surface area contributed by atoms with Gasteiger partial charge in [0.05, 0.1) is 5.69 Å². The Kier molecular flexibility index (Phi) is 6.48. The van der Waals surface area contributed by atoms with E-state index in [2.05, 4.69) is 43.0 Å². The summed E-state index contributed by atoms with van der Waals surface area (Å²) in [6, 6.07) is 6.25. The van der Waals surface area contributed by atoms with E-state index < -0.39 is 6.10 Å². The highest BCUT2D eigenvalue weighted by molar-refractivity contribution is 5.38. The molecule has 0 spiro atoms. The highest BCUT2D eigenvalue weighted by Crippen LogP contribution is 2.27. The monoisotopic (exact) mass is 360 g/mol. The standard InChI is InChI=1S/C21H32N2O3/c1-14-10-17(21(4,5)6)8-9-20(14)25-13-18(24)11-23(7)12-19-15(2)22-26-16(19)3/h8-10,18,24H,11-13H2,1-7H3. The van der Waals surface area contributed by atoms with Gasteiger partial charge in [-0.05, 0) is 50.4 Å². The van der Waals surface area contributed by atoms with E-state index >= 15 is 0 Å². The van der Waals surface area contributed by atoms with Crippen molar-refractivity contribution in [3.63, 3.8) is 0 Å². The molecule has 1 aromatic carbocycles. The third kappa shape index (κ3) is 5.32. The van der Waals surface area contributed by atoms with Crippen molar-refractivity contribution < 1.29 is 14.4 Å². The topological polar surface area (TPSA) is 58.7 Å². The highest BCUT2D eigenvalue weighted by atomic mass is 16.5. The van der Waals surface area contributed by atoms with Gasteiger partial charge in [-0.25, -0.2) is 0 Å². The number of aliphatic hydroxyl groups excluding tert-OH is 1. The van der Waals surface area contributed by atoms with E-state index in [1.54, 1.807) is 0 Å². The van der Waals surface area contributed by atoms with Crippen LogP contribution in [0.25, 0.3) is 0 Å². The lowest BCUT2D eigenvalue weighted by atomic mass is 9.86. The molecule has 2 aromatic rings. The van der Waals surface area contributed by atoms with Crippen LogP contribution in [-0.2, 0) is 12.0 Å². The summed E-state index contributed by atoms with van der Waals surface area (Å²) in [4.78, 5) is 2.05. The van der Waals surface area contributed by atoms with Gasteiger partial charge in [0.1, 0.15) is 24.2 Å². The van der Waals surface area contributed by atoms with Crippen molar-refractivity contribution in [2.75, 3.05) is 20.2 Å². The van der Waals surface area contributed by atoms with Crippen LogP contribution in [0.15, 0.2) is 22.7 Å². The zero-order valence-electron chi connectivity index (χ0n) is 17.1. The Hall–Kier alpha value is -1.85. The number of aliphatic hydroxyl groups is 1. The van der Waals surface area contributed by atoms with Gasteiger partial charge in [-0.15, -0.1) is 0 Å². The van der Waals surface area contributed by atoms with Crippen molar-refractivity contribution in [2.45, 2.75) is 59.6 Å². The summed E-state index contributed by atoms with van der Waals surface area (Å²) < 4.78 is 11.0. The minimum Gasteiger partial charge on any atom is -0.491 e. The molecule has 1 atom stereocenters. The molecular formula is C21H32N2O3. The summed E-state index contributed by atoms with van der Waals surface area (Å²) >= 11 is 0. The van der Waals surface area contributed by atoms with Gasteiger partial charge in [-0.1, -0.05) is 38.1 Å². The predicted octanol–water partition coefficient (Wildman–Crippen LogP) is 3.77. The third-order valence-corrected chi connectivity index (χ3v) is 4.60. The largest absolute Gasteiger partial charge is 0.491 e. The Morgan fingerprint density at radius 3 is 2.46 bits per heavy atom. The number of hydrogen-bond acceptors (Lipinski definition) is 5. The van der Waals surface area contributed by atoms with Gasteiger partial charge < -0.3 is 14.4 Å². The van der Waals surface area contributed by atoms with E-state index in [1.807, 2.05) is 33.9 Å². The Morgan fingerprint density at radius 1 is 1.23 bits per heavy atom. The van der Waals surface area contributed by atoms with Gasteiger partial charge in [0.25, 0.3) is 0 Å². The Labute approximate surface area is 157 Å². The summed E-state index contributed by atoms with van der Waals surface area (Å²) in [5, 5.41) is 14.3. The Bertz CT molecular complexity index is 712. The first kappa shape index (κ1) is 20.5. The summed E-state index contributed by atoms with van der Waals surface area (Å²) in [5.74, 6) is 1.65. The zero-order valence-corrected chi connectivity index (χ0v) is 17.1. The lowest BCUT2D eigenvalue weighted by molar-refractivity contribution is 0.0739. The molecule has 1 N–H and O–H groups in total. The minimum atomic E-state index is -0.567. The van der Waals surface area contributed by atoms with Crippen molar-refractivity contribution in [1.29, 1.82) is 0 Å². The van der Waals surface area contributed by atoms with Crippen LogP contribution in [0.5, 0.6) is 5.75 Å². The maximum Gasteiger partial charge on any atom is 0.138 e. The number of nitrogens with zero attached hydrogens (tertiary/aromatic N) is 2. The van der Waals surface area contributed by atoms with Gasteiger partial charge in [0, 0.05) is 18.7 Å². The SMILES string of the molecule is Cc1cc(C(C)(C)C)ccc1OCC(O)CN(C)Cc1c(C)noc1C. The molecule has 0 fully saturated rings. The number of ether oxygens (including phenoxy) is 1. The summed E-state index contributed by atoms with van der Waals surface area (Å²) in [6.45, 7) is 13.9. The first-order valence-corrected chi connectivity index (χ1v) is 9.10. The Morgan fingerprint density at radius 2 is 1.92 bits per heavy atom. The lowest BCUT2D eigenvalue weighted by Crippen LogP contribution is -2.33. The molecule has 1 unspecified atom stereocenters. The molecule has 144 valence electrons. The number of benzene rings is 1. The molecule has 0 aliphatic rings. The molecule has 0 saturated carbocycles. The van der Waals surface area contributed by atoms with Gasteiger partial charge in [-0.2, -0.15) is 0 Å². The molecule has 0 radical (unpaired) electrons. The first-order chi connectivity index (χ1) is 12.1. The van der Waals surface area contributed by atoms with Crippen LogP contribution in [0.1, 0.15) is 48.9 Å². The van der Waals surface area contributed by atoms with Crippen LogP contribution in [-0.4, -0.2) is 41.5 Å². The quantitative estimate of drug-likeness (QED) is 0.814. The van der Waals surface area contributed by atoms with Crippen LogP contribution in [0.2, 0.25) is 0 Å². The first-order valence-electron chi connectivity index (χ1n) is 9.10. The molecule has 1 heterocycles. The molecular weight excluding hydrogens is 328 g/mol. The number of hydrogen-bond donors (Lipinski definition) is 1. The van der Waals surface area contributed by atoms with E-state index in [-0.39, 0.29) is 12.0 Å². The maximum absolute atomic E-state index is 10.3. The average Bonchev–Trinajstić information content (AvgIpc) is 2.84. The van der Waals surface area contributed by atoms with Crippen molar-refractivity contribution >= 4 is 0 Å². The molecule has 1 aromatic heterocycles. The fraction of sp³-hybridized carbons (Fsp3) is 0.571. The summed E-state index contributed by atoms with van der Waals surface area (Å²) in [5.41, 5.74) is 4.46. The number of aryl methyl sites for hydroxylation is 3. The van der Waals surface area contributed by atoms with E-state index in [4.69, 9.17) is 9.26 Å². The van der Waals surface area contributed by atoms with Crippen LogP contribution in [0.4, 0.5) is 0 Å². The normalized spacial score (nSPS) is 13.3. The van der Waals surface area contributed by atoms with Crippen LogP contribution in [0, 0.1) is 20.8 Å². The second-order valence-corrected chi connectivity index (χ2v) is 8.19. The average molecular weight is 360 g/mol. The van der Waals surface area contributed by atoms with Gasteiger partial charge in [0.15, 0.2) is 0 Å². The van der Waals surface area contributed by atoms with Crippen molar-refractivity contribution in [3.05, 3.63) is 46.3 Å². The van der Waals surface area contributed by atoms with Crippen molar-refractivity contribution in [1.82, 2.24) is 10.1 Å². The minimum absolute atomic E-state index is 0.115. The zero-order chi connectivity index (χ0) is 19.5. The van der Waals surface area contributed by atoms with E-state index in [0.717, 1.165) is 28.3 Å². The number of aromatic nitrogens is 1. The molecule has 0 bridgehead atoms. The summed E-state index contributed by atoms with van der Waals surface area (Å²) in [7, 11) is 1.97. The molecule has 0 aliphatic carbocycles. The second kappa shape index (κ2) is 8.23. The van der Waals surface area contributed by atoms with Crippen LogP contribution in [0.3, 0.4) is 0 Å². The fourth-order valence-corrected chi connectivity index (χ4v) is 2.94.